The second kappa shape index (κ2) is 9.62. The molecule has 0 bridgehead atoms. The third-order valence-corrected chi connectivity index (χ3v) is 9.38. The van der Waals surface area contributed by atoms with Crippen LogP contribution in [0.1, 0.15) is 0 Å². The van der Waals surface area contributed by atoms with Gasteiger partial charge in [0.25, 0.3) is 0 Å². The van der Waals surface area contributed by atoms with Gasteiger partial charge in [-0.15, -0.1) is 0 Å². The molecule has 0 aliphatic rings. The first-order valence-electron chi connectivity index (χ1n) is 15.5. The molecule has 4 heteroatoms. The van der Waals surface area contributed by atoms with Gasteiger partial charge in [0.15, 0.2) is 0 Å². The minimum atomic E-state index is 0.886. The van der Waals surface area contributed by atoms with Crippen LogP contribution in [-0.2, 0) is 0 Å². The highest BCUT2D eigenvalue weighted by Gasteiger charge is 2.20. The summed E-state index contributed by atoms with van der Waals surface area (Å²) in [6.07, 6.45) is 3.80. The Hall–Kier alpha value is -6.26. The van der Waals surface area contributed by atoms with E-state index in [0.717, 1.165) is 60.6 Å². The van der Waals surface area contributed by atoms with E-state index in [-0.39, 0.29) is 0 Å². The van der Waals surface area contributed by atoms with E-state index in [2.05, 4.69) is 142 Å². The molecule has 7 aromatic carbocycles. The lowest BCUT2D eigenvalue weighted by Gasteiger charge is -2.14. The van der Waals surface area contributed by atoms with E-state index in [1.54, 1.807) is 0 Å². The van der Waals surface area contributed by atoms with Gasteiger partial charge < -0.3 is 8.98 Å². The lowest BCUT2D eigenvalue weighted by Crippen LogP contribution is -1.98. The van der Waals surface area contributed by atoms with Crippen LogP contribution in [0.4, 0.5) is 0 Å². The first-order chi connectivity index (χ1) is 22.8. The minimum absolute atomic E-state index is 0.886. The van der Waals surface area contributed by atoms with Crippen LogP contribution in [0.3, 0.4) is 0 Å². The molecule has 0 fully saturated rings. The standard InChI is InChI=1S/C42H25N3O/c1-2-9-26(10-3-1)31-14-8-15-38-42(31)34-21-27-11-4-5-12-28(27)23-39(34)45(38)37-19-18-30(35-24-43-44-25-36(35)37)29-17-20-41-33(22-29)32-13-6-7-16-40(32)46-41/h1-25H. The van der Waals surface area contributed by atoms with Crippen LogP contribution in [0, 0.1) is 0 Å². The maximum atomic E-state index is 6.13. The van der Waals surface area contributed by atoms with E-state index in [4.69, 9.17) is 4.42 Å². The highest BCUT2D eigenvalue weighted by atomic mass is 16.3. The number of para-hydroxylation sites is 1. The Morgan fingerprint density at radius 2 is 1.20 bits per heavy atom. The van der Waals surface area contributed by atoms with Gasteiger partial charge in [0.05, 0.1) is 29.1 Å². The maximum Gasteiger partial charge on any atom is 0.135 e. The molecular formula is C42H25N3O. The summed E-state index contributed by atoms with van der Waals surface area (Å²) in [5, 5.41) is 18.0. The molecule has 0 amide bonds. The number of hydrogen-bond donors (Lipinski definition) is 0. The Labute approximate surface area is 263 Å². The molecule has 4 nitrogen and oxygen atoms in total. The van der Waals surface area contributed by atoms with Gasteiger partial charge in [-0.25, -0.2) is 0 Å². The average molecular weight is 588 g/mol. The van der Waals surface area contributed by atoms with Crippen LogP contribution < -0.4 is 0 Å². The number of furan rings is 1. The summed E-state index contributed by atoms with van der Waals surface area (Å²) in [6, 6.07) is 49.7. The Kier molecular flexibility index (Phi) is 5.25. The van der Waals surface area contributed by atoms with Crippen LogP contribution in [0.2, 0.25) is 0 Å². The Morgan fingerprint density at radius 3 is 2.09 bits per heavy atom. The summed E-state index contributed by atoms with van der Waals surface area (Å²) in [7, 11) is 0. The topological polar surface area (TPSA) is 43.9 Å². The van der Waals surface area contributed by atoms with Crippen LogP contribution >= 0.6 is 0 Å². The van der Waals surface area contributed by atoms with Gasteiger partial charge in [-0.1, -0.05) is 97.1 Å². The monoisotopic (exact) mass is 587 g/mol. The fourth-order valence-corrected chi connectivity index (χ4v) is 7.29. The Balaban J connectivity index is 1.28. The van der Waals surface area contributed by atoms with E-state index in [9.17, 15) is 0 Å². The summed E-state index contributed by atoms with van der Waals surface area (Å²) < 4.78 is 8.53. The molecule has 0 saturated carbocycles. The van der Waals surface area contributed by atoms with Crippen molar-refractivity contribution in [2.24, 2.45) is 0 Å². The Morgan fingerprint density at radius 1 is 0.435 bits per heavy atom. The zero-order chi connectivity index (χ0) is 30.2. The fraction of sp³-hybridized carbons (Fsp3) is 0. The number of rotatable bonds is 3. The molecular weight excluding hydrogens is 562 g/mol. The number of fused-ring (bicyclic) bond motifs is 8. The van der Waals surface area contributed by atoms with E-state index in [1.807, 2.05) is 24.5 Å². The van der Waals surface area contributed by atoms with Gasteiger partial charge in [0.2, 0.25) is 0 Å². The molecule has 0 atom stereocenters. The third-order valence-electron chi connectivity index (χ3n) is 9.38. The molecule has 10 rings (SSSR count). The molecule has 0 unspecified atom stereocenters. The van der Waals surface area contributed by atoms with Gasteiger partial charge >= 0.3 is 0 Å². The molecule has 0 N–H and O–H groups in total. The minimum Gasteiger partial charge on any atom is -0.456 e. The van der Waals surface area contributed by atoms with Crippen LogP contribution in [-0.4, -0.2) is 14.8 Å². The third kappa shape index (κ3) is 3.61. The predicted molar refractivity (Wildman–Crippen MR) is 190 cm³/mol. The van der Waals surface area contributed by atoms with Crippen LogP contribution in [0.25, 0.3) is 93.2 Å². The van der Waals surface area contributed by atoms with Crippen molar-refractivity contribution in [1.82, 2.24) is 14.8 Å². The van der Waals surface area contributed by atoms with E-state index < -0.39 is 0 Å². The fourth-order valence-electron chi connectivity index (χ4n) is 7.29. The largest absolute Gasteiger partial charge is 0.456 e. The summed E-state index contributed by atoms with van der Waals surface area (Å²) >= 11 is 0. The van der Waals surface area contributed by atoms with Gasteiger partial charge in [-0.05, 0) is 75.5 Å². The first-order valence-corrected chi connectivity index (χ1v) is 15.5. The average Bonchev–Trinajstić information content (AvgIpc) is 3.65. The predicted octanol–water partition coefficient (Wildman–Crippen LogP) is 11.1. The summed E-state index contributed by atoms with van der Waals surface area (Å²) in [6.45, 7) is 0. The first kappa shape index (κ1) is 25.1. The molecule has 46 heavy (non-hydrogen) atoms. The molecule has 3 aromatic heterocycles. The molecule has 0 aliphatic carbocycles. The van der Waals surface area contributed by atoms with Gasteiger partial charge in [0.1, 0.15) is 11.2 Å². The Bertz CT molecular complexity index is 2810. The van der Waals surface area contributed by atoms with Crippen LogP contribution in [0.15, 0.2) is 156 Å². The molecule has 0 spiro atoms. The molecule has 0 aliphatic heterocycles. The zero-order valence-electron chi connectivity index (χ0n) is 24.7. The van der Waals surface area contributed by atoms with Gasteiger partial charge in [-0.3, -0.25) is 0 Å². The normalized spacial score (nSPS) is 11.9. The van der Waals surface area contributed by atoms with Crippen molar-refractivity contribution in [3.63, 3.8) is 0 Å². The van der Waals surface area contributed by atoms with Crippen molar-refractivity contribution in [1.29, 1.82) is 0 Å². The number of nitrogens with zero attached hydrogens (tertiary/aromatic N) is 3. The van der Waals surface area contributed by atoms with Crippen molar-refractivity contribution < 1.29 is 4.42 Å². The zero-order valence-corrected chi connectivity index (χ0v) is 24.7. The van der Waals surface area contributed by atoms with Gasteiger partial charge in [-0.2, -0.15) is 10.2 Å². The van der Waals surface area contributed by atoms with Crippen molar-refractivity contribution in [2.45, 2.75) is 0 Å². The quantitative estimate of drug-likeness (QED) is 0.207. The molecule has 214 valence electrons. The smallest absolute Gasteiger partial charge is 0.135 e. The van der Waals surface area contributed by atoms with E-state index >= 15 is 0 Å². The second-order valence-electron chi connectivity index (χ2n) is 11.9. The SMILES string of the molecule is c1ccc(-c2cccc3c2c2cc4ccccc4cc2n3-c2ccc(-c3ccc4oc5ccccc5c4c3)c3cnncc23)cc1. The number of aromatic nitrogens is 3. The van der Waals surface area contributed by atoms with Crippen molar-refractivity contribution in [3.05, 3.63) is 152 Å². The second-order valence-corrected chi connectivity index (χ2v) is 11.9. The lowest BCUT2D eigenvalue weighted by atomic mass is 9.97. The molecule has 0 radical (unpaired) electrons. The molecule has 10 aromatic rings. The summed E-state index contributed by atoms with van der Waals surface area (Å²) in [5.74, 6) is 0. The lowest BCUT2D eigenvalue weighted by molar-refractivity contribution is 0.669. The molecule has 0 saturated heterocycles. The van der Waals surface area contributed by atoms with Crippen molar-refractivity contribution in [2.75, 3.05) is 0 Å². The van der Waals surface area contributed by atoms with Crippen molar-refractivity contribution in [3.8, 4) is 27.9 Å². The highest BCUT2D eigenvalue weighted by molar-refractivity contribution is 6.19. The summed E-state index contributed by atoms with van der Waals surface area (Å²) in [5.41, 5.74) is 9.82. The maximum absolute atomic E-state index is 6.13. The summed E-state index contributed by atoms with van der Waals surface area (Å²) in [4.78, 5) is 0. The van der Waals surface area contributed by atoms with E-state index in [1.165, 1.54) is 32.7 Å². The number of benzene rings is 7. The van der Waals surface area contributed by atoms with Crippen molar-refractivity contribution >= 4 is 65.3 Å². The number of hydrogen-bond acceptors (Lipinski definition) is 3. The molecule has 3 heterocycles. The highest BCUT2D eigenvalue weighted by Crippen LogP contribution is 2.42. The van der Waals surface area contributed by atoms with Gasteiger partial charge in [0, 0.05) is 32.3 Å². The van der Waals surface area contributed by atoms with E-state index in [0.29, 0.717) is 0 Å². The van der Waals surface area contributed by atoms with Crippen LogP contribution in [0.5, 0.6) is 0 Å².